The summed E-state index contributed by atoms with van der Waals surface area (Å²) in [5.74, 6) is 4.70. The van der Waals surface area contributed by atoms with E-state index in [1.807, 2.05) is 4.98 Å². The number of amides is 1. The van der Waals surface area contributed by atoms with Crippen LogP contribution in [0.1, 0.15) is 37.5 Å². The van der Waals surface area contributed by atoms with E-state index in [1.165, 1.54) is 0 Å². The maximum atomic E-state index is 12.3. The Bertz CT molecular complexity index is 1400. The molecule has 1 aromatic heterocycles. The van der Waals surface area contributed by atoms with Gasteiger partial charge in [0.25, 0.3) is 5.56 Å². The van der Waals surface area contributed by atoms with Crippen LogP contribution in [0.4, 0.5) is 0 Å². The molecule has 232 valence electrons. The molecule has 2 heterocycles. The van der Waals surface area contributed by atoms with Gasteiger partial charge in [-0.15, -0.1) is 0 Å². The van der Waals surface area contributed by atoms with Gasteiger partial charge >= 0.3 is 29.2 Å². The van der Waals surface area contributed by atoms with E-state index < -0.39 is 65.9 Å². The number of aromatic amines is 1. The molecule has 20 nitrogen and oxygen atoms in total. The fourth-order valence-corrected chi connectivity index (χ4v) is 6.34. The summed E-state index contributed by atoms with van der Waals surface area (Å²) >= 11 is 0. The van der Waals surface area contributed by atoms with Crippen LogP contribution in [-0.2, 0) is 36.4 Å². The molecule has 2 unspecified atom stereocenters. The Morgan fingerprint density at radius 3 is 2.39 bits per heavy atom. The van der Waals surface area contributed by atoms with Gasteiger partial charge < -0.3 is 45.6 Å². The van der Waals surface area contributed by atoms with Crippen LogP contribution in [0.5, 0.6) is 0 Å². The lowest BCUT2D eigenvalue weighted by molar-refractivity contribution is -0.120. The molecule has 2 rings (SSSR count). The number of nitrogens with one attached hydrogen (secondary N) is 2. The van der Waals surface area contributed by atoms with Crippen molar-refractivity contribution < 1.29 is 66.2 Å². The molecule has 1 aliphatic heterocycles. The molecule has 1 amide bonds. The van der Waals surface area contributed by atoms with Crippen molar-refractivity contribution in [2.75, 3.05) is 19.7 Å². The predicted octanol–water partition coefficient (Wildman–Crippen LogP) is -2.51. The minimum atomic E-state index is -5.80. The number of hydrogen-bond acceptors (Lipinski definition) is 13. The molecule has 0 spiro atoms. The van der Waals surface area contributed by atoms with E-state index in [9.17, 15) is 48.1 Å². The maximum Gasteiger partial charge on any atom is 0.490 e. The first-order chi connectivity index (χ1) is 18.9. The number of phosphoric ester groups is 1. The van der Waals surface area contributed by atoms with E-state index in [0.29, 0.717) is 17.5 Å². The third kappa shape index (κ3) is 11.6. The molecule has 0 aliphatic carbocycles. The minimum Gasteiger partial charge on any atom is -0.387 e. The molecule has 1 aliphatic rings. The second kappa shape index (κ2) is 14.9. The highest BCUT2D eigenvalue weighted by Gasteiger charge is 2.46. The number of aliphatic hydroxyl groups is 2. The van der Waals surface area contributed by atoms with Crippen molar-refractivity contribution in [3.8, 4) is 11.8 Å². The van der Waals surface area contributed by atoms with Crippen molar-refractivity contribution in [1.29, 1.82) is 0 Å². The zero-order chi connectivity index (χ0) is 31.0. The summed E-state index contributed by atoms with van der Waals surface area (Å²) in [5, 5.41) is 23.1. The summed E-state index contributed by atoms with van der Waals surface area (Å²) in [6.45, 7) is -0.721. The molecule has 23 heteroatoms. The largest absolute Gasteiger partial charge is 0.490 e. The molecule has 6 atom stereocenters. The first-order valence-corrected chi connectivity index (χ1v) is 16.1. The molecule has 1 aromatic rings. The van der Waals surface area contributed by atoms with Gasteiger partial charge in [-0.3, -0.25) is 23.7 Å². The fourth-order valence-electron chi connectivity index (χ4n) is 3.31. The van der Waals surface area contributed by atoms with E-state index in [4.69, 9.17) is 20.3 Å². The number of aliphatic hydroxyl groups excluding tert-OH is 2. The highest BCUT2D eigenvalue weighted by molar-refractivity contribution is 7.66. The number of ether oxygens (including phenoxy) is 1. The van der Waals surface area contributed by atoms with Gasteiger partial charge in [0, 0.05) is 12.6 Å². The quantitative estimate of drug-likeness (QED) is 0.0570. The molecular formula is C18H29N4O16P3. The van der Waals surface area contributed by atoms with Gasteiger partial charge in [0.05, 0.1) is 13.2 Å². The smallest absolute Gasteiger partial charge is 0.387 e. The Hall–Kier alpha value is -2.04. The SMILES string of the molecule is NCCCCCC(=O)NCC#Cc1cn([C@@H]2O[C@H](COP(=O)(O)OP(=O)(O)OP(=O)(O)O)[C@@H](O)[C@H]2O)c(=O)[nH]c1=O. The van der Waals surface area contributed by atoms with Crippen LogP contribution >= 0.6 is 23.5 Å². The van der Waals surface area contributed by atoms with Crippen LogP contribution < -0.4 is 22.3 Å². The number of rotatable bonds is 14. The number of aromatic nitrogens is 2. The van der Waals surface area contributed by atoms with Crippen molar-refractivity contribution in [2.24, 2.45) is 5.73 Å². The van der Waals surface area contributed by atoms with Crippen molar-refractivity contribution in [3.05, 3.63) is 32.6 Å². The Balaban J connectivity index is 2.07. The Kier molecular flexibility index (Phi) is 12.8. The lowest BCUT2D eigenvalue weighted by Crippen LogP contribution is -2.38. The lowest BCUT2D eigenvalue weighted by atomic mass is 10.1. The number of nitrogens with two attached hydrogens (primary N) is 1. The van der Waals surface area contributed by atoms with Crippen LogP contribution in [0.25, 0.3) is 0 Å². The molecule has 0 radical (unpaired) electrons. The first-order valence-electron chi connectivity index (χ1n) is 11.6. The van der Waals surface area contributed by atoms with Crippen molar-refractivity contribution in [2.45, 2.75) is 50.2 Å². The molecule has 0 aromatic carbocycles. The monoisotopic (exact) mass is 650 g/mol. The average Bonchev–Trinajstić information content (AvgIpc) is 3.10. The summed E-state index contributed by atoms with van der Waals surface area (Å²) in [4.78, 5) is 74.0. The number of H-pyrrole nitrogens is 1. The minimum absolute atomic E-state index is 0.127. The van der Waals surface area contributed by atoms with Crippen LogP contribution in [-0.4, -0.2) is 83.3 Å². The van der Waals surface area contributed by atoms with Gasteiger partial charge in [-0.2, -0.15) is 8.62 Å². The lowest BCUT2D eigenvalue weighted by Gasteiger charge is -2.19. The Morgan fingerprint density at radius 2 is 1.76 bits per heavy atom. The average molecular weight is 650 g/mol. The van der Waals surface area contributed by atoms with Gasteiger partial charge in [-0.1, -0.05) is 18.3 Å². The number of carbonyl (C=O) groups excluding carboxylic acids is 1. The van der Waals surface area contributed by atoms with Crippen LogP contribution in [0, 0.1) is 11.8 Å². The standard InChI is InChI=1S/C18H29N4O16P3/c19-7-3-1-2-6-13(23)20-8-4-5-11-9-22(18(27)21-16(11)26)17-15(25)14(24)12(36-17)10-35-40(31,32)38-41(33,34)37-39(28,29)30/h9,12,14-15,17,24-25H,1-3,6-8,10,19H2,(H,20,23)(H,31,32)(H,33,34)(H,21,26,27)(H2,28,29,30)/t12-,14-,15-,17-/m1/s1. The third-order valence-electron chi connectivity index (χ3n) is 5.10. The zero-order valence-corrected chi connectivity index (χ0v) is 23.7. The Labute approximate surface area is 230 Å². The predicted molar refractivity (Wildman–Crippen MR) is 134 cm³/mol. The van der Waals surface area contributed by atoms with E-state index in [-0.39, 0.29) is 24.4 Å². The normalized spacial score (nSPS) is 23.7. The summed E-state index contributed by atoms with van der Waals surface area (Å²) < 4.78 is 51.4. The van der Waals surface area contributed by atoms with Crippen LogP contribution in [0.15, 0.2) is 15.8 Å². The molecule has 1 saturated heterocycles. The first kappa shape index (κ1) is 35.2. The second-order valence-corrected chi connectivity index (χ2v) is 12.7. The summed E-state index contributed by atoms with van der Waals surface area (Å²) in [5.41, 5.74) is 3.08. The Morgan fingerprint density at radius 1 is 1.07 bits per heavy atom. The van der Waals surface area contributed by atoms with Crippen LogP contribution in [0.2, 0.25) is 0 Å². The molecule has 10 N–H and O–H groups in total. The maximum absolute atomic E-state index is 12.3. The summed E-state index contributed by atoms with van der Waals surface area (Å²) in [7, 11) is -17.0. The topological polar surface area (TPSA) is 319 Å². The number of unbranched alkanes of at least 4 members (excludes halogenated alkanes) is 2. The van der Waals surface area contributed by atoms with E-state index >= 15 is 0 Å². The fraction of sp³-hybridized carbons (Fsp3) is 0.611. The van der Waals surface area contributed by atoms with Gasteiger partial charge in [-0.25, -0.2) is 18.5 Å². The zero-order valence-electron chi connectivity index (χ0n) is 21.0. The summed E-state index contributed by atoms with van der Waals surface area (Å²) in [6, 6.07) is 0. The van der Waals surface area contributed by atoms with Gasteiger partial charge in [0.15, 0.2) is 6.23 Å². The molecule has 41 heavy (non-hydrogen) atoms. The number of hydrogen-bond donors (Lipinski definition) is 9. The highest BCUT2D eigenvalue weighted by atomic mass is 31.3. The van der Waals surface area contributed by atoms with Crippen LogP contribution in [0.3, 0.4) is 0 Å². The number of phosphoric acid groups is 3. The van der Waals surface area contributed by atoms with E-state index in [1.54, 1.807) is 0 Å². The van der Waals surface area contributed by atoms with Crippen molar-refractivity contribution >= 4 is 29.4 Å². The third-order valence-corrected chi connectivity index (χ3v) is 8.90. The molecular weight excluding hydrogens is 621 g/mol. The van der Waals surface area contributed by atoms with Crippen molar-refractivity contribution in [1.82, 2.24) is 14.9 Å². The van der Waals surface area contributed by atoms with E-state index in [2.05, 4.69) is 30.3 Å². The van der Waals surface area contributed by atoms with Gasteiger partial charge in [0.1, 0.15) is 23.9 Å². The summed E-state index contributed by atoms with van der Waals surface area (Å²) in [6.07, 6.45) is -3.77. The number of carbonyl (C=O) groups is 1. The number of nitrogens with zero attached hydrogens (tertiary/aromatic N) is 1. The second-order valence-electron chi connectivity index (χ2n) is 8.32. The molecule has 0 bridgehead atoms. The van der Waals surface area contributed by atoms with Crippen molar-refractivity contribution in [3.63, 3.8) is 0 Å². The molecule has 1 fully saturated rings. The molecule has 0 saturated carbocycles. The highest BCUT2D eigenvalue weighted by Crippen LogP contribution is 2.66. The van der Waals surface area contributed by atoms with Gasteiger partial charge in [0.2, 0.25) is 5.91 Å². The van der Waals surface area contributed by atoms with E-state index in [0.717, 1.165) is 19.0 Å². The van der Waals surface area contributed by atoms with Gasteiger partial charge in [-0.05, 0) is 19.4 Å².